The van der Waals surface area contributed by atoms with E-state index in [2.05, 4.69) is 45.2 Å². The summed E-state index contributed by atoms with van der Waals surface area (Å²) in [5.74, 6) is 1.78. The molecule has 0 fully saturated rings. The molecule has 0 N–H and O–H groups in total. The predicted octanol–water partition coefficient (Wildman–Crippen LogP) is 6.70. The van der Waals surface area contributed by atoms with Crippen molar-refractivity contribution in [3.05, 3.63) is 108 Å². The quantitative estimate of drug-likeness (QED) is 0.297. The molecule has 0 spiro atoms. The van der Waals surface area contributed by atoms with Crippen molar-refractivity contribution in [2.75, 3.05) is 0 Å². The van der Waals surface area contributed by atoms with Crippen molar-refractivity contribution in [2.45, 2.75) is 0 Å². The molecule has 0 saturated carbocycles. The zero-order valence-electron chi connectivity index (χ0n) is 16.5. The first-order valence-corrected chi connectivity index (χ1v) is 10.6. The molecular formula is C26H17BrN4. The highest BCUT2D eigenvalue weighted by molar-refractivity contribution is 9.10. The summed E-state index contributed by atoms with van der Waals surface area (Å²) in [5.41, 5.74) is 4.82. The van der Waals surface area contributed by atoms with Gasteiger partial charge in [-0.2, -0.15) is 0 Å². The highest BCUT2D eigenvalue weighted by atomic mass is 79.9. The van der Waals surface area contributed by atoms with Gasteiger partial charge in [0.15, 0.2) is 17.5 Å². The van der Waals surface area contributed by atoms with Crippen LogP contribution in [0.5, 0.6) is 0 Å². The number of hydrogen-bond acceptors (Lipinski definition) is 4. The second-order valence-electron chi connectivity index (χ2n) is 6.98. The molecule has 2 aromatic heterocycles. The molecule has 0 saturated heterocycles. The minimum atomic E-state index is 0.543. The van der Waals surface area contributed by atoms with Crippen molar-refractivity contribution < 1.29 is 0 Å². The van der Waals surface area contributed by atoms with Gasteiger partial charge >= 0.3 is 0 Å². The van der Waals surface area contributed by atoms with Gasteiger partial charge in [-0.15, -0.1) is 0 Å². The molecule has 3 aromatic carbocycles. The molecule has 0 amide bonds. The van der Waals surface area contributed by atoms with Crippen molar-refractivity contribution in [3.63, 3.8) is 0 Å². The van der Waals surface area contributed by atoms with Gasteiger partial charge in [0.25, 0.3) is 0 Å². The molecule has 0 aliphatic heterocycles. The van der Waals surface area contributed by atoms with Crippen LogP contribution in [0, 0.1) is 0 Å². The lowest BCUT2D eigenvalue weighted by atomic mass is 10.0. The van der Waals surface area contributed by atoms with Crippen molar-refractivity contribution in [1.29, 1.82) is 0 Å². The van der Waals surface area contributed by atoms with Gasteiger partial charge in [-0.1, -0.05) is 78.9 Å². The van der Waals surface area contributed by atoms with Crippen LogP contribution in [0.1, 0.15) is 0 Å². The van der Waals surface area contributed by atoms with Crippen LogP contribution in [-0.2, 0) is 0 Å². The van der Waals surface area contributed by atoms with E-state index in [0.29, 0.717) is 23.2 Å². The van der Waals surface area contributed by atoms with Gasteiger partial charge in [0, 0.05) is 21.8 Å². The third kappa shape index (κ3) is 4.27. The van der Waals surface area contributed by atoms with Gasteiger partial charge in [-0.05, 0) is 45.3 Å². The number of hydrogen-bond donors (Lipinski definition) is 0. The smallest absolute Gasteiger partial charge is 0.182 e. The molecule has 5 aromatic rings. The minimum absolute atomic E-state index is 0.543. The van der Waals surface area contributed by atoms with Crippen LogP contribution in [0.15, 0.2) is 108 Å². The Morgan fingerprint density at radius 3 is 1.74 bits per heavy atom. The average molecular weight is 465 g/mol. The molecule has 2 heterocycles. The van der Waals surface area contributed by atoms with Gasteiger partial charge in [0.05, 0.1) is 0 Å². The topological polar surface area (TPSA) is 51.6 Å². The Hall–Kier alpha value is -3.70. The fraction of sp³-hybridized carbons (Fsp3) is 0. The number of nitrogens with zero attached hydrogens (tertiary/aromatic N) is 4. The summed E-state index contributed by atoms with van der Waals surface area (Å²) in [7, 11) is 0. The van der Waals surface area contributed by atoms with Crippen molar-refractivity contribution >= 4 is 15.9 Å². The third-order valence-corrected chi connectivity index (χ3v) is 5.32. The lowest BCUT2D eigenvalue weighted by molar-refractivity contribution is 1.06. The maximum absolute atomic E-state index is 4.79. The Morgan fingerprint density at radius 2 is 1.06 bits per heavy atom. The van der Waals surface area contributed by atoms with Crippen molar-refractivity contribution in [1.82, 2.24) is 19.9 Å². The second-order valence-corrected chi connectivity index (χ2v) is 7.90. The second kappa shape index (κ2) is 8.58. The van der Waals surface area contributed by atoms with E-state index in [4.69, 9.17) is 15.0 Å². The van der Waals surface area contributed by atoms with Crippen LogP contribution in [0.25, 0.3) is 45.4 Å². The summed E-state index contributed by atoms with van der Waals surface area (Å²) in [6.07, 6.45) is 1.75. The van der Waals surface area contributed by atoms with E-state index in [0.717, 1.165) is 26.7 Å². The summed E-state index contributed by atoms with van der Waals surface area (Å²) in [6, 6.07) is 32.3. The average Bonchev–Trinajstić information content (AvgIpc) is 2.85. The molecule has 0 unspecified atom stereocenters. The number of rotatable bonds is 4. The first-order chi connectivity index (χ1) is 15.3. The van der Waals surface area contributed by atoms with Crippen molar-refractivity contribution in [3.8, 4) is 45.4 Å². The van der Waals surface area contributed by atoms with Gasteiger partial charge in [0.1, 0.15) is 5.69 Å². The molecule has 4 nitrogen and oxygen atoms in total. The molecule has 5 rings (SSSR count). The molecule has 0 bridgehead atoms. The highest BCUT2D eigenvalue weighted by Gasteiger charge is 2.13. The maximum atomic E-state index is 4.79. The molecule has 31 heavy (non-hydrogen) atoms. The summed E-state index contributed by atoms with van der Waals surface area (Å²) < 4.78 is 0.907. The van der Waals surface area contributed by atoms with E-state index < -0.39 is 0 Å². The fourth-order valence-electron chi connectivity index (χ4n) is 3.31. The van der Waals surface area contributed by atoms with Crippen LogP contribution < -0.4 is 0 Å². The van der Waals surface area contributed by atoms with E-state index in [9.17, 15) is 0 Å². The first-order valence-electron chi connectivity index (χ1n) is 9.85. The van der Waals surface area contributed by atoms with Gasteiger partial charge < -0.3 is 0 Å². The maximum Gasteiger partial charge on any atom is 0.182 e. The van der Waals surface area contributed by atoms with Crippen LogP contribution in [0.4, 0.5) is 0 Å². The Kier molecular flexibility index (Phi) is 5.33. The van der Waals surface area contributed by atoms with E-state index >= 15 is 0 Å². The molecule has 5 heteroatoms. The lowest BCUT2D eigenvalue weighted by Crippen LogP contribution is -2.01. The zero-order chi connectivity index (χ0) is 21.0. The molecule has 0 radical (unpaired) electrons. The standard InChI is InChI=1S/C26H17BrN4/c27-22-14-15-23(28-17-22)26-30-24(19-10-5-2-6-11-19)29-25(31-26)21-13-7-12-20(16-21)18-8-3-1-4-9-18/h1-17H. The van der Waals surface area contributed by atoms with Crippen LogP contribution in [0.2, 0.25) is 0 Å². The van der Waals surface area contributed by atoms with Crippen molar-refractivity contribution in [2.24, 2.45) is 0 Å². The molecule has 0 atom stereocenters. The van der Waals surface area contributed by atoms with E-state index in [1.54, 1.807) is 6.20 Å². The van der Waals surface area contributed by atoms with E-state index in [-0.39, 0.29) is 0 Å². The Balaban J connectivity index is 1.66. The monoisotopic (exact) mass is 464 g/mol. The predicted molar refractivity (Wildman–Crippen MR) is 127 cm³/mol. The third-order valence-electron chi connectivity index (χ3n) is 4.85. The molecular weight excluding hydrogens is 448 g/mol. The fourth-order valence-corrected chi connectivity index (χ4v) is 3.55. The molecule has 148 valence electrons. The Bertz CT molecular complexity index is 1320. The highest BCUT2D eigenvalue weighted by Crippen LogP contribution is 2.27. The van der Waals surface area contributed by atoms with Crippen LogP contribution in [-0.4, -0.2) is 19.9 Å². The van der Waals surface area contributed by atoms with Gasteiger partial charge in [-0.3, -0.25) is 4.98 Å². The number of pyridine rings is 1. The lowest BCUT2D eigenvalue weighted by Gasteiger charge is -2.09. The summed E-state index contributed by atoms with van der Waals surface area (Å²) in [6.45, 7) is 0. The SMILES string of the molecule is Brc1ccc(-c2nc(-c3ccccc3)nc(-c3cccc(-c4ccccc4)c3)n2)nc1. The summed E-state index contributed by atoms with van der Waals surface area (Å²) in [4.78, 5) is 18.7. The van der Waals surface area contributed by atoms with Crippen LogP contribution >= 0.6 is 15.9 Å². The number of benzene rings is 3. The summed E-state index contributed by atoms with van der Waals surface area (Å²) >= 11 is 3.43. The zero-order valence-corrected chi connectivity index (χ0v) is 18.1. The first kappa shape index (κ1) is 19.3. The molecule has 0 aliphatic rings. The summed E-state index contributed by atoms with van der Waals surface area (Å²) in [5, 5.41) is 0. The van der Waals surface area contributed by atoms with Gasteiger partial charge in [-0.25, -0.2) is 15.0 Å². The molecule has 0 aliphatic carbocycles. The van der Waals surface area contributed by atoms with Crippen LogP contribution in [0.3, 0.4) is 0 Å². The minimum Gasteiger partial charge on any atom is -0.252 e. The van der Waals surface area contributed by atoms with E-state index in [1.807, 2.05) is 72.8 Å². The van der Waals surface area contributed by atoms with E-state index in [1.165, 1.54) is 0 Å². The normalized spacial score (nSPS) is 10.7. The van der Waals surface area contributed by atoms with Gasteiger partial charge in [0.2, 0.25) is 0 Å². The Labute approximate surface area is 188 Å². The number of halogens is 1. The number of aromatic nitrogens is 4. The largest absolute Gasteiger partial charge is 0.252 e. The Morgan fingerprint density at radius 1 is 0.484 bits per heavy atom.